The number of aromatic nitrogens is 2. The first kappa shape index (κ1) is 16.0. The minimum atomic E-state index is -0.243. The molecule has 1 atom stereocenters. The average Bonchev–Trinajstić information content (AvgIpc) is 3.09. The van der Waals surface area contributed by atoms with Gasteiger partial charge < -0.3 is 10.2 Å². The Hall–Kier alpha value is -1.89. The number of hydrogen-bond donors (Lipinski definition) is 1. The fourth-order valence-electron chi connectivity index (χ4n) is 2.93. The van der Waals surface area contributed by atoms with E-state index in [1.807, 2.05) is 23.7 Å². The lowest BCUT2D eigenvalue weighted by Crippen LogP contribution is -2.33. The molecule has 0 aliphatic carbocycles. The molecule has 2 amide bonds. The summed E-state index contributed by atoms with van der Waals surface area (Å²) >= 11 is 1.63. The van der Waals surface area contributed by atoms with E-state index < -0.39 is 0 Å². The Kier molecular flexibility index (Phi) is 4.39. The molecule has 1 N–H and O–H groups in total. The van der Waals surface area contributed by atoms with Crippen molar-refractivity contribution in [2.24, 2.45) is 11.8 Å². The van der Waals surface area contributed by atoms with Gasteiger partial charge in [-0.15, -0.1) is 11.3 Å². The second kappa shape index (κ2) is 6.31. The molecule has 0 bridgehead atoms. The molecular formula is C16H22N4O2S. The van der Waals surface area contributed by atoms with Crippen LogP contribution in [0.25, 0.3) is 4.96 Å². The quantitative estimate of drug-likeness (QED) is 0.907. The van der Waals surface area contributed by atoms with E-state index in [4.69, 9.17) is 0 Å². The molecule has 23 heavy (non-hydrogen) atoms. The maximum Gasteiger partial charge on any atom is 0.225 e. The summed E-state index contributed by atoms with van der Waals surface area (Å²) in [4.78, 5) is 32.7. The van der Waals surface area contributed by atoms with Gasteiger partial charge >= 0.3 is 0 Å². The average molecular weight is 334 g/mol. The lowest BCUT2D eigenvalue weighted by molar-refractivity contribution is -0.129. The standard InChI is InChI=1S/C16H22N4O2S/c1-10(2)6-19-8-12(4-14(19)21)15(22)17-5-13-9-20-7-11(3)23-16(20)18-13/h7,9-10,12H,4-6,8H2,1-3H3,(H,17,22)/t12-/m0/s1. The van der Waals surface area contributed by atoms with Gasteiger partial charge in [-0.3, -0.25) is 14.0 Å². The van der Waals surface area contributed by atoms with Crippen molar-refractivity contribution in [1.29, 1.82) is 0 Å². The molecule has 0 aromatic carbocycles. The van der Waals surface area contributed by atoms with E-state index in [1.165, 1.54) is 4.88 Å². The molecule has 2 aromatic heterocycles. The van der Waals surface area contributed by atoms with E-state index in [2.05, 4.69) is 24.1 Å². The minimum absolute atomic E-state index is 0.0582. The number of amides is 2. The van der Waals surface area contributed by atoms with Crippen molar-refractivity contribution in [3.63, 3.8) is 0 Å². The second-order valence-corrected chi connectivity index (χ2v) is 7.79. The molecule has 0 saturated carbocycles. The van der Waals surface area contributed by atoms with E-state index in [-0.39, 0.29) is 17.7 Å². The van der Waals surface area contributed by atoms with E-state index in [9.17, 15) is 9.59 Å². The van der Waals surface area contributed by atoms with Gasteiger partial charge in [-0.1, -0.05) is 13.8 Å². The number of imidazole rings is 1. The smallest absolute Gasteiger partial charge is 0.225 e. The van der Waals surface area contributed by atoms with E-state index in [0.717, 1.165) is 17.2 Å². The number of likely N-dealkylation sites (tertiary alicyclic amines) is 1. The zero-order valence-corrected chi connectivity index (χ0v) is 14.5. The summed E-state index contributed by atoms with van der Waals surface area (Å²) in [6, 6.07) is 0. The topological polar surface area (TPSA) is 66.7 Å². The minimum Gasteiger partial charge on any atom is -0.350 e. The summed E-state index contributed by atoms with van der Waals surface area (Å²) < 4.78 is 1.98. The van der Waals surface area contributed by atoms with Gasteiger partial charge in [-0.2, -0.15) is 0 Å². The van der Waals surface area contributed by atoms with E-state index in [1.54, 1.807) is 16.2 Å². The van der Waals surface area contributed by atoms with Crippen LogP contribution in [-0.2, 0) is 16.1 Å². The third kappa shape index (κ3) is 3.55. The van der Waals surface area contributed by atoms with Gasteiger partial charge in [0.25, 0.3) is 0 Å². The molecule has 0 radical (unpaired) electrons. The van der Waals surface area contributed by atoms with Gasteiger partial charge in [-0.25, -0.2) is 4.98 Å². The number of rotatable bonds is 5. The largest absolute Gasteiger partial charge is 0.350 e. The molecule has 124 valence electrons. The summed E-state index contributed by atoms with van der Waals surface area (Å²) in [7, 11) is 0. The Morgan fingerprint density at radius 2 is 2.26 bits per heavy atom. The SMILES string of the molecule is Cc1cn2cc(CNC(=O)[C@H]3CC(=O)N(CC(C)C)C3)nc2s1. The Labute approximate surface area is 139 Å². The monoisotopic (exact) mass is 334 g/mol. The van der Waals surface area contributed by atoms with Crippen LogP contribution in [0.2, 0.25) is 0 Å². The molecule has 0 spiro atoms. The summed E-state index contributed by atoms with van der Waals surface area (Å²) in [6.07, 6.45) is 4.28. The van der Waals surface area contributed by atoms with Gasteiger partial charge in [0, 0.05) is 36.8 Å². The number of hydrogen-bond acceptors (Lipinski definition) is 4. The molecule has 2 aromatic rings. The predicted molar refractivity (Wildman–Crippen MR) is 89.2 cm³/mol. The molecule has 0 unspecified atom stereocenters. The van der Waals surface area contributed by atoms with Crippen LogP contribution in [0.3, 0.4) is 0 Å². The molecule has 1 aliphatic heterocycles. The highest BCUT2D eigenvalue weighted by Crippen LogP contribution is 2.20. The first-order valence-electron chi connectivity index (χ1n) is 7.92. The third-order valence-electron chi connectivity index (χ3n) is 3.94. The number of nitrogens with zero attached hydrogens (tertiary/aromatic N) is 3. The number of nitrogens with one attached hydrogen (secondary N) is 1. The van der Waals surface area contributed by atoms with Crippen molar-refractivity contribution in [3.05, 3.63) is 23.0 Å². The van der Waals surface area contributed by atoms with Crippen LogP contribution < -0.4 is 5.32 Å². The molecule has 7 heteroatoms. The highest BCUT2D eigenvalue weighted by molar-refractivity contribution is 7.16. The molecule has 1 aliphatic rings. The Morgan fingerprint density at radius 1 is 1.48 bits per heavy atom. The molecule has 3 heterocycles. The first-order chi connectivity index (χ1) is 10.9. The second-order valence-electron chi connectivity index (χ2n) is 6.58. The molecule has 1 fully saturated rings. The van der Waals surface area contributed by atoms with E-state index >= 15 is 0 Å². The van der Waals surface area contributed by atoms with Crippen molar-refractivity contribution >= 4 is 28.1 Å². The van der Waals surface area contributed by atoms with E-state index in [0.29, 0.717) is 25.4 Å². The van der Waals surface area contributed by atoms with Crippen molar-refractivity contribution in [3.8, 4) is 0 Å². The third-order valence-corrected chi connectivity index (χ3v) is 4.85. The highest BCUT2D eigenvalue weighted by atomic mass is 32.1. The zero-order chi connectivity index (χ0) is 16.6. The summed E-state index contributed by atoms with van der Waals surface area (Å²) in [5.41, 5.74) is 0.841. The fourth-order valence-corrected chi connectivity index (χ4v) is 3.76. The van der Waals surface area contributed by atoms with Gasteiger partial charge in [0.15, 0.2) is 4.96 Å². The fraction of sp³-hybridized carbons (Fsp3) is 0.562. The van der Waals surface area contributed by atoms with Crippen LogP contribution in [0.1, 0.15) is 30.8 Å². The Morgan fingerprint density at radius 3 is 2.96 bits per heavy atom. The number of thiazole rings is 1. The van der Waals surface area contributed by atoms with Crippen LogP contribution in [0, 0.1) is 18.8 Å². The molecule has 6 nitrogen and oxygen atoms in total. The number of aryl methyl sites for hydroxylation is 1. The Balaban J connectivity index is 1.55. The Bertz CT molecular complexity index is 702. The predicted octanol–water partition coefficient (Wildman–Crippen LogP) is 1.82. The number of carbonyl (C=O) groups is 2. The van der Waals surface area contributed by atoms with Crippen LogP contribution >= 0.6 is 11.3 Å². The van der Waals surface area contributed by atoms with Crippen LogP contribution in [0.4, 0.5) is 0 Å². The lowest BCUT2D eigenvalue weighted by atomic mass is 10.1. The maximum absolute atomic E-state index is 12.3. The summed E-state index contributed by atoms with van der Waals surface area (Å²) in [5, 5.41) is 2.91. The summed E-state index contributed by atoms with van der Waals surface area (Å²) in [6.45, 7) is 7.85. The van der Waals surface area contributed by atoms with Crippen LogP contribution in [0.15, 0.2) is 12.4 Å². The van der Waals surface area contributed by atoms with Gasteiger partial charge in [0.1, 0.15) is 0 Å². The lowest BCUT2D eigenvalue weighted by Gasteiger charge is -2.18. The van der Waals surface area contributed by atoms with Crippen LogP contribution in [0.5, 0.6) is 0 Å². The normalized spacial score (nSPS) is 18.3. The first-order valence-corrected chi connectivity index (χ1v) is 8.73. The van der Waals surface area contributed by atoms with Crippen LogP contribution in [-0.4, -0.2) is 39.2 Å². The van der Waals surface area contributed by atoms with Gasteiger partial charge in [0.2, 0.25) is 11.8 Å². The molecule has 3 rings (SSSR count). The van der Waals surface area contributed by atoms with Crippen molar-refractivity contribution < 1.29 is 9.59 Å². The molecular weight excluding hydrogens is 312 g/mol. The van der Waals surface area contributed by atoms with Crippen molar-refractivity contribution in [2.75, 3.05) is 13.1 Å². The summed E-state index contributed by atoms with van der Waals surface area (Å²) in [5.74, 6) is 0.198. The van der Waals surface area contributed by atoms with Gasteiger partial charge in [0.05, 0.1) is 18.2 Å². The zero-order valence-electron chi connectivity index (χ0n) is 13.7. The van der Waals surface area contributed by atoms with Gasteiger partial charge in [-0.05, 0) is 12.8 Å². The number of fused-ring (bicyclic) bond motifs is 1. The van der Waals surface area contributed by atoms with Crippen molar-refractivity contribution in [1.82, 2.24) is 19.6 Å². The highest BCUT2D eigenvalue weighted by Gasteiger charge is 2.34. The maximum atomic E-state index is 12.3. The van der Waals surface area contributed by atoms with Crippen molar-refractivity contribution in [2.45, 2.75) is 33.7 Å². The number of carbonyl (C=O) groups excluding carboxylic acids is 2. The molecule has 1 saturated heterocycles.